The predicted molar refractivity (Wildman–Crippen MR) is 236 cm³/mol. The van der Waals surface area contributed by atoms with E-state index in [9.17, 15) is 0 Å². The lowest BCUT2D eigenvalue weighted by atomic mass is 10.0. The van der Waals surface area contributed by atoms with Crippen molar-refractivity contribution in [1.82, 2.24) is 24.9 Å². The first-order valence-electron chi connectivity index (χ1n) is 18.7. The molecule has 0 fully saturated rings. The average Bonchev–Trinajstić information content (AvgIpc) is 3.97. The van der Waals surface area contributed by atoms with Crippen LogP contribution in [0.15, 0.2) is 168 Å². The third-order valence-corrected chi connectivity index (χ3v) is 12.9. The molecule has 12 rings (SSSR count). The lowest BCUT2D eigenvalue weighted by Gasteiger charge is -2.10. The molecule has 0 bridgehead atoms. The molecule has 0 N–H and O–H groups in total. The highest BCUT2D eigenvalue weighted by atomic mass is 32.1. The Kier molecular flexibility index (Phi) is 7.17. The van der Waals surface area contributed by atoms with E-state index in [4.69, 9.17) is 29.3 Å². The zero-order chi connectivity index (χ0) is 37.5. The summed E-state index contributed by atoms with van der Waals surface area (Å²) >= 11 is 3.51. The maximum absolute atomic E-state index is 6.14. The van der Waals surface area contributed by atoms with Crippen LogP contribution in [-0.4, -0.2) is 24.9 Å². The fourth-order valence-electron chi connectivity index (χ4n) is 7.87. The predicted octanol–water partition coefficient (Wildman–Crippen LogP) is 13.6. The smallest absolute Gasteiger partial charge is 0.164 e. The van der Waals surface area contributed by atoms with Crippen LogP contribution in [-0.2, 0) is 0 Å². The summed E-state index contributed by atoms with van der Waals surface area (Å²) in [4.78, 5) is 25.8. The standard InChI is InChI=1S/C49H27N5OS2/c1-3-12-28(13-4-1)43-45-44(34-17-8-10-20-39(34)57-45)51-47(50-43)31-22-24-33-41(27-31)56-40-21-11-18-35(42(33)40)49-53-46(29-14-5-2-6-15-29)52-48(54-49)30-23-25-38-36(26-30)32-16-7-9-19-37(32)55-38/h1-27H. The molecule has 0 atom stereocenters. The van der Waals surface area contributed by atoms with Crippen molar-refractivity contribution in [1.29, 1.82) is 0 Å². The molecular weight excluding hydrogens is 739 g/mol. The Labute approximate surface area is 333 Å². The van der Waals surface area contributed by atoms with Gasteiger partial charge in [0.15, 0.2) is 23.3 Å². The SMILES string of the molecule is c1ccc(-c2nc(-c3ccc4oc5ccccc5c4c3)nc(-c3cccc4sc5cc(-c6nc(-c7ccccc7)c7sc8ccccc8c7n6)ccc5c34)n2)cc1. The van der Waals surface area contributed by atoms with Crippen molar-refractivity contribution in [2.75, 3.05) is 0 Å². The van der Waals surface area contributed by atoms with E-state index in [1.54, 1.807) is 22.7 Å². The number of hydrogen-bond acceptors (Lipinski definition) is 8. The average molecular weight is 766 g/mol. The Balaban J connectivity index is 1.03. The summed E-state index contributed by atoms with van der Waals surface area (Å²) in [6.07, 6.45) is 0. The van der Waals surface area contributed by atoms with Gasteiger partial charge in [-0.15, -0.1) is 22.7 Å². The van der Waals surface area contributed by atoms with Crippen molar-refractivity contribution in [3.05, 3.63) is 164 Å². The van der Waals surface area contributed by atoms with Gasteiger partial charge >= 0.3 is 0 Å². The van der Waals surface area contributed by atoms with E-state index in [1.807, 2.05) is 66.7 Å². The molecule has 7 aromatic carbocycles. The normalized spacial score (nSPS) is 11.9. The van der Waals surface area contributed by atoms with Gasteiger partial charge < -0.3 is 4.42 Å². The minimum Gasteiger partial charge on any atom is -0.456 e. The van der Waals surface area contributed by atoms with Crippen molar-refractivity contribution >= 4 is 85.1 Å². The van der Waals surface area contributed by atoms with Crippen molar-refractivity contribution in [3.8, 4) is 56.8 Å². The molecule has 0 saturated carbocycles. The second-order valence-corrected chi connectivity index (χ2v) is 16.1. The summed E-state index contributed by atoms with van der Waals surface area (Å²) < 4.78 is 10.7. The van der Waals surface area contributed by atoms with E-state index in [2.05, 4.69) is 97.1 Å². The fourth-order valence-corrected chi connectivity index (χ4v) is 10.2. The van der Waals surface area contributed by atoms with Crippen LogP contribution in [0.2, 0.25) is 0 Å². The third-order valence-electron chi connectivity index (χ3n) is 10.6. The topological polar surface area (TPSA) is 77.6 Å². The molecule has 266 valence electrons. The second kappa shape index (κ2) is 12.7. The van der Waals surface area contributed by atoms with Crippen LogP contribution in [0.1, 0.15) is 0 Å². The third kappa shape index (κ3) is 5.26. The van der Waals surface area contributed by atoms with Gasteiger partial charge in [-0.1, -0.05) is 121 Å². The largest absolute Gasteiger partial charge is 0.456 e. The first kappa shape index (κ1) is 32.1. The van der Waals surface area contributed by atoms with Crippen LogP contribution >= 0.6 is 22.7 Å². The monoisotopic (exact) mass is 765 g/mol. The van der Waals surface area contributed by atoms with Gasteiger partial charge in [0.25, 0.3) is 0 Å². The molecule has 57 heavy (non-hydrogen) atoms. The Bertz CT molecular complexity index is 3540. The first-order chi connectivity index (χ1) is 28.2. The van der Waals surface area contributed by atoms with Crippen LogP contribution in [0, 0.1) is 0 Å². The summed E-state index contributed by atoms with van der Waals surface area (Å²) in [5.74, 6) is 2.55. The Hall–Kier alpha value is -7.13. The highest BCUT2D eigenvalue weighted by molar-refractivity contribution is 7.26. The summed E-state index contributed by atoms with van der Waals surface area (Å²) in [7, 11) is 0. The highest BCUT2D eigenvalue weighted by Crippen LogP contribution is 2.43. The molecular formula is C49H27N5OS2. The van der Waals surface area contributed by atoms with E-state index in [0.717, 1.165) is 91.2 Å². The highest BCUT2D eigenvalue weighted by Gasteiger charge is 2.20. The van der Waals surface area contributed by atoms with Gasteiger partial charge in [0.1, 0.15) is 11.2 Å². The van der Waals surface area contributed by atoms with Gasteiger partial charge in [-0.25, -0.2) is 24.9 Å². The minimum absolute atomic E-state index is 0.604. The van der Waals surface area contributed by atoms with E-state index >= 15 is 0 Å². The maximum atomic E-state index is 6.14. The van der Waals surface area contributed by atoms with Gasteiger partial charge in [0.2, 0.25) is 0 Å². The van der Waals surface area contributed by atoms with E-state index in [-0.39, 0.29) is 0 Å². The lowest BCUT2D eigenvalue weighted by molar-refractivity contribution is 0.669. The molecule has 0 radical (unpaired) electrons. The van der Waals surface area contributed by atoms with E-state index in [0.29, 0.717) is 23.3 Å². The summed E-state index contributed by atoms with van der Waals surface area (Å²) in [6, 6.07) is 56.2. The van der Waals surface area contributed by atoms with E-state index in [1.165, 1.54) is 4.70 Å². The van der Waals surface area contributed by atoms with Gasteiger partial charge in [0.05, 0.1) is 15.9 Å². The first-order valence-corrected chi connectivity index (χ1v) is 20.3. The molecule has 0 aliphatic carbocycles. The number of furan rings is 1. The molecule has 0 aliphatic rings. The zero-order valence-electron chi connectivity index (χ0n) is 30.0. The maximum Gasteiger partial charge on any atom is 0.164 e. The van der Waals surface area contributed by atoms with Crippen molar-refractivity contribution in [2.45, 2.75) is 0 Å². The van der Waals surface area contributed by atoms with Crippen molar-refractivity contribution < 1.29 is 4.42 Å². The second-order valence-electron chi connectivity index (χ2n) is 14.0. The molecule has 0 aliphatic heterocycles. The number of rotatable bonds is 5. The zero-order valence-corrected chi connectivity index (χ0v) is 31.7. The van der Waals surface area contributed by atoms with Crippen LogP contribution in [0.25, 0.3) is 119 Å². The van der Waals surface area contributed by atoms with Crippen LogP contribution in [0.3, 0.4) is 0 Å². The van der Waals surface area contributed by atoms with Crippen molar-refractivity contribution in [2.24, 2.45) is 0 Å². The minimum atomic E-state index is 0.604. The van der Waals surface area contributed by atoms with Gasteiger partial charge in [-0.3, -0.25) is 0 Å². The molecule has 0 amide bonds. The number of para-hydroxylation sites is 1. The number of hydrogen-bond donors (Lipinski definition) is 0. The van der Waals surface area contributed by atoms with Gasteiger partial charge in [-0.2, -0.15) is 0 Å². The number of thiophene rings is 2. The molecule has 5 heterocycles. The Morgan fingerprint density at radius 3 is 1.88 bits per heavy atom. The van der Waals surface area contributed by atoms with Gasteiger partial charge in [-0.05, 0) is 42.5 Å². The molecule has 5 aromatic heterocycles. The number of fused-ring (bicyclic) bond motifs is 9. The molecule has 12 aromatic rings. The summed E-state index contributed by atoms with van der Waals surface area (Å²) in [6.45, 7) is 0. The molecule has 6 nitrogen and oxygen atoms in total. The summed E-state index contributed by atoms with van der Waals surface area (Å²) in [5, 5.41) is 5.48. The van der Waals surface area contributed by atoms with Crippen molar-refractivity contribution in [3.63, 3.8) is 0 Å². The number of aromatic nitrogens is 5. The van der Waals surface area contributed by atoms with E-state index < -0.39 is 0 Å². The molecule has 0 spiro atoms. The summed E-state index contributed by atoms with van der Waals surface area (Å²) in [5.41, 5.74) is 8.45. The molecule has 0 saturated heterocycles. The Morgan fingerprint density at radius 1 is 0.368 bits per heavy atom. The quantitative estimate of drug-likeness (QED) is 0.174. The van der Waals surface area contributed by atoms with Crippen LogP contribution in [0.4, 0.5) is 0 Å². The lowest BCUT2D eigenvalue weighted by Crippen LogP contribution is -2.00. The Morgan fingerprint density at radius 2 is 1.02 bits per heavy atom. The van der Waals surface area contributed by atoms with Gasteiger partial charge in [0, 0.05) is 68.8 Å². The molecule has 0 unspecified atom stereocenters. The fraction of sp³-hybridized carbons (Fsp3) is 0. The van der Waals surface area contributed by atoms with Crippen LogP contribution < -0.4 is 0 Å². The molecule has 8 heteroatoms. The number of benzene rings is 7. The van der Waals surface area contributed by atoms with Crippen LogP contribution in [0.5, 0.6) is 0 Å². The number of nitrogens with zero attached hydrogens (tertiary/aromatic N) is 5.